The number of hydrogen-bond donors (Lipinski definition) is 0. The van der Waals surface area contributed by atoms with Crippen LogP contribution in [-0.2, 0) is 9.53 Å². The SMILES string of the molecule is CCCC(=O)OC1CC2CC1C1C3CCC(C3)C21. The van der Waals surface area contributed by atoms with Crippen LogP contribution in [0.5, 0.6) is 0 Å². The largest absolute Gasteiger partial charge is 0.462 e. The van der Waals surface area contributed by atoms with E-state index >= 15 is 0 Å². The number of carbonyl (C=O) groups is 1. The van der Waals surface area contributed by atoms with Gasteiger partial charge in [-0.25, -0.2) is 0 Å². The molecule has 0 radical (unpaired) electrons. The average molecular weight is 248 g/mol. The molecule has 2 nitrogen and oxygen atoms in total. The highest BCUT2D eigenvalue weighted by Crippen LogP contribution is 2.67. The number of rotatable bonds is 3. The molecule has 0 aliphatic heterocycles. The van der Waals surface area contributed by atoms with Crippen LogP contribution in [0, 0.1) is 35.5 Å². The van der Waals surface area contributed by atoms with Gasteiger partial charge in [0, 0.05) is 6.42 Å². The number of carbonyl (C=O) groups excluding carboxylic acids is 1. The predicted molar refractivity (Wildman–Crippen MR) is 68.8 cm³/mol. The number of esters is 1. The van der Waals surface area contributed by atoms with Crippen molar-refractivity contribution >= 4 is 5.97 Å². The average Bonchev–Trinajstić information content (AvgIpc) is 3.07. The molecule has 7 atom stereocenters. The Morgan fingerprint density at radius 2 is 1.83 bits per heavy atom. The maximum atomic E-state index is 11.7. The van der Waals surface area contributed by atoms with E-state index in [0.717, 1.165) is 41.9 Å². The van der Waals surface area contributed by atoms with E-state index in [0.29, 0.717) is 6.42 Å². The first kappa shape index (κ1) is 11.3. The smallest absolute Gasteiger partial charge is 0.306 e. The summed E-state index contributed by atoms with van der Waals surface area (Å²) in [6, 6.07) is 0. The van der Waals surface area contributed by atoms with E-state index in [9.17, 15) is 4.79 Å². The van der Waals surface area contributed by atoms with E-state index in [-0.39, 0.29) is 12.1 Å². The van der Waals surface area contributed by atoms with Crippen LogP contribution in [0.4, 0.5) is 0 Å². The van der Waals surface area contributed by atoms with Crippen molar-refractivity contribution in [2.45, 2.75) is 58.0 Å². The monoisotopic (exact) mass is 248 g/mol. The summed E-state index contributed by atoms with van der Waals surface area (Å²) in [5.74, 6) is 5.67. The zero-order chi connectivity index (χ0) is 12.3. The third-order valence-electron chi connectivity index (χ3n) is 6.41. The summed E-state index contributed by atoms with van der Waals surface area (Å²) in [6.07, 6.45) is 8.81. The summed E-state index contributed by atoms with van der Waals surface area (Å²) in [7, 11) is 0. The molecule has 4 bridgehead atoms. The van der Waals surface area contributed by atoms with Crippen molar-refractivity contribution in [3.63, 3.8) is 0 Å². The molecule has 4 fully saturated rings. The van der Waals surface area contributed by atoms with Crippen molar-refractivity contribution in [2.24, 2.45) is 35.5 Å². The van der Waals surface area contributed by atoms with Crippen LogP contribution in [0.2, 0.25) is 0 Å². The van der Waals surface area contributed by atoms with E-state index < -0.39 is 0 Å². The molecular weight excluding hydrogens is 224 g/mol. The zero-order valence-electron chi connectivity index (χ0n) is 11.3. The summed E-state index contributed by atoms with van der Waals surface area (Å²) in [5, 5.41) is 0. The van der Waals surface area contributed by atoms with E-state index in [1.165, 1.54) is 32.1 Å². The van der Waals surface area contributed by atoms with Gasteiger partial charge in [0.2, 0.25) is 0 Å². The van der Waals surface area contributed by atoms with E-state index in [1.54, 1.807) is 0 Å². The van der Waals surface area contributed by atoms with Crippen LogP contribution in [0.25, 0.3) is 0 Å². The van der Waals surface area contributed by atoms with Crippen LogP contribution >= 0.6 is 0 Å². The van der Waals surface area contributed by atoms with Crippen LogP contribution in [-0.4, -0.2) is 12.1 Å². The summed E-state index contributed by atoms with van der Waals surface area (Å²) in [5.41, 5.74) is 0. The Hall–Kier alpha value is -0.530. The van der Waals surface area contributed by atoms with Gasteiger partial charge in [0.1, 0.15) is 6.10 Å². The van der Waals surface area contributed by atoms with E-state index in [4.69, 9.17) is 4.74 Å². The molecule has 4 rings (SSSR count). The predicted octanol–water partition coefficient (Wildman–Crippen LogP) is 3.40. The Labute approximate surface area is 109 Å². The highest BCUT2D eigenvalue weighted by atomic mass is 16.5. The normalized spacial score (nSPS) is 51.7. The Morgan fingerprint density at radius 3 is 2.61 bits per heavy atom. The Bertz CT molecular complexity index is 364. The third kappa shape index (κ3) is 1.44. The van der Waals surface area contributed by atoms with Gasteiger partial charge in [-0.15, -0.1) is 0 Å². The molecule has 0 aromatic rings. The van der Waals surface area contributed by atoms with Crippen LogP contribution in [0.3, 0.4) is 0 Å². The minimum absolute atomic E-state index is 0.0507. The van der Waals surface area contributed by atoms with Gasteiger partial charge >= 0.3 is 5.97 Å². The molecule has 0 aromatic heterocycles. The van der Waals surface area contributed by atoms with Crippen molar-refractivity contribution in [1.82, 2.24) is 0 Å². The minimum atomic E-state index is 0.0507. The fourth-order valence-electron chi connectivity index (χ4n) is 6.07. The zero-order valence-corrected chi connectivity index (χ0v) is 11.3. The number of hydrogen-bond acceptors (Lipinski definition) is 2. The fourth-order valence-corrected chi connectivity index (χ4v) is 6.07. The molecule has 0 spiro atoms. The molecule has 0 aromatic carbocycles. The molecule has 0 N–H and O–H groups in total. The molecule has 0 heterocycles. The lowest BCUT2D eigenvalue weighted by molar-refractivity contribution is -0.154. The van der Waals surface area contributed by atoms with Gasteiger partial charge < -0.3 is 4.74 Å². The Kier molecular flexibility index (Phi) is 2.50. The quantitative estimate of drug-likeness (QED) is 0.565. The molecule has 4 saturated carbocycles. The summed E-state index contributed by atoms with van der Waals surface area (Å²) in [4.78, 5) is 11.7. The Morgan fingerprint density at radius 1 is 1.06 bits per heavy atom. The fraction of sp³-hybridized carbons (Fsp3) is 0.938. The first-order valence-corrected chi connectivity index (χ1v) is 7.97. The summed E-state index contributed by atoms with van der Waals surface area (Å²) in [6.45, 7) is 2.05. The van der Waals surface area contributed by atoms with Crippen LogP contribution < -0.4 is 0 Å². The van der Waals surface area contributed by atoms with Gasteiger partial charge in [-0.05, 0) is 74.0 Å². The highest BCUT2D eigenvalue weighted by Gasteiger charge is 2.63. The molecule has 100 valence electrons. The van der Waals surface area contributed by atoms with Crippen molar-refractivity contribution in [3.05, 3.63) is 0 Å². The second-order valence-electron chi connectivity index (χ2n) is 7.16. The van der Waals surface area contributed by atoms with Gasteiger partial charge in [0.25, 0.3) is 0 Å². The maximum absolute atomic E-state index is 11.7. The van der Waals surface area contributed by atoms with Crippen LogP contribution in [0.15, 0.2) is 0 Å². The Balaban J connectivity index is 1.47. The first-order chi connectivity index (χ1) is 8.78. The molecule has 4 aliphatic rings. The summed E-state index contributed by atoms with van der Waals surface area (Å²) >= 11 is 0. The van der Waals surface area contributed by atoms with Gasteiger partial charge in [-0.3, -0.25) is 4.79 Å². The molecule has 2 heteroatoms. The van der Waals surface area contributed by atoms with Gasteiger partial charge in [-0.1, -0.05) is 6.92 Å². The standard InChI is InChI=1S/C16H24O2/c1-2-3-14(17)18-13-8-11-7-12(13)16-10-5-4-9(6-10)15(11)16/h9-13,15-16H,2-8H2,1H3. The number of ether oxygens (including phenoxy) is 1. The van der Waals surface area contributed by atoms with Crippen molar-refractivity contribution in [3.8, 4) is 0 Å². The van der Waals surface area contributed by atoms with E-state index in [2.05, 4.69) is 0 Å². The molecule has 0 saturated heterocycles. The van der Waals surface area contributed by atoms with Crippen molar-refractivity contribution < 1.29 is 9.53 Å². The van der Waals surface area contributed by atoms with Crippen molar-refractivity contribution in [1.29, 1.82) is 0 Å². The maximum Gasteiger partial charge on any atom is 0.306 e. The first-order valence-electron chi connectivity index (χ1n) is 7.97. The second-order valence-corrected chi connectivity index (χ2v) is 7.16. The molecule has 0 amide bonds. The molecule has 7 unspecified atom stereocenters. The molecule has 18 heavy (non-hydrogen) atoms. The lowest BCUT2D eigenvalue weighted by atomic mass is 9.70. The van der Waals surface area contributed by atoms with E-state index in [1.807, 2.05) is 6.92 Å². The van der Waals surface area contributed by atoms with Crippen molar-refractivity contribution in [2.75, 3.05) is 0 Å². The third-order valence-corrected chi connectivity index (χ3v) is 6.41. The molecule has 4 aliphatic carbocycles. The van der Waals surface area contributed by atoms with Gasteiger partial charge in [0.15, 0.2) is 0 Å². The lowest BCUT2D eigenvalue weighted by Crippen LogP contribution is -2.37. The topological polar surface area (TPSA) is 26.3 Å². The highest BCUT2D eigenvalue weighted by molar-refractivity contribution is 5.69. The summed E-state index contributed by atoms with van der Waals surface area (Å²) < 4.78 is 5.76. The molecular formula is C16H24O2. The lowest BCUT2D eigenvalue weighted by Gasteiger charge is -2.38. The van der Waals surface area contributed by atoms with Gasteiger partial charge in [0.05, 0.1) is 0 Å². The van der Waals surface area contributed by atoms with Gasteiger partial charge in [-0.2, -0.15) is 0 Å². The van der Waals surface area contributed by atoms with Crippen LogP contribution in [0.1, 0.15) is 51.9 Å². The number of fused-ring (bicyclic) bond motifs is 9. The second kappa shape index (κ2) is 3.98. The minimum Gasteiger partial charge on any atom is -0.462 e.